The second-order valence-corrected chi connectivity index (χ2v) is 8.79. The predicted octanol–water partition coefficient (Wildman–Crippen LogP) is 1.67. The van der Waals surface area contributed by atoms with E-state index >= 15 is 0 Å². The number of Topliss-reactive ketones (excluding diaryl/α,β-unsaturated/α-hetero) is 1. The van der Waals surface area contributed by atoms with Gasteiger partial charge in [-0.25, -0.2) is 9.97 Å². The highest BCUT2D eigenvalue weighted by Crippen LogP contribution is 2.44. The van der Waals surface area contributed by atoms with E-state index in [0.29, 0.717) is 41.5 Å². The van der Waals surface area contributed by atoms with E-state index in [-0.39, 0.29) is 25.5 Å². The minimum Gasteiger partial charge on any atom is -0.495 e. The topological polar surface area (TPSA) is 118 Å². The molecule has 0 bridgehead atoms. The average Bonchev–Trinajstić information content (AvgIpc) is 3.58. The van der Waals surface area contributed by atoms with Gasteiger partial charge in [-0.1, -0.05) is 6.07 Å². The van der Waals surface area contributed by atoms with Gasteiger partial charge in [-0.15, -0.1) is 11.3 Å². The minimum atomic E-state index is -0.688. The molecule has 5 rings (SSSR count). The van der Waals surface area contributed by atoms with Crippen LogP contribution in [0.1, 0.15) is 22.0 Å². The average molecular weight is 479 g/mol. The summed E-state index contributed by atoms with van der Waals surface area (Å²) in [6, 6.07) is 5.17. The molecule has 11 heteroatoms. The number of pyridine rings is 2. The van der Waals surface area contributed by atoms with Crippen molar-refractivity contribution < 1.29 is 19.1 Å². The fourth-order valence-corrected chi connectivity index (χ4v) is 4.94. The molecule has 1 fully saturated rings. The third-order valence-electron chi connectivity index (χ3n) is 6.03. The Morgan fingerprint density at radius 1 is 1.06 bits per heavy atom. The Bertz CT molecular complexity index is 1230. The number of methoxy groups -OCH3 is 1. The first-order chi connectivity index (χ1) is 16.6. The maximum Gasteiger partial charge on any atom is 0.290 e. The number of anilines is 1. The standard InChI is InChI=1S/C23H22N6O4S/c1-33-16-13-27-19(21-25-6-11-34-21)18-17(16)14(12-26-18)20(30)23(32)29-9-7-28(8-10-29)22(31)15-4-2-3-5-24-15/h2-6,11,13-14,26H,7-10,12H2,1H3. The molecule has 1 unspecified atom stereocenters. The van der Waals surface area contributed by atoms with Gasteiger partial charge in [0.1, 0.15) is 22.1 Å². The van der Waals surface area contributed by atoms with Crippen LogP contribution in [0.15, 0.2) is 42.2 Å². The molecule has 1 atom stereocenters. The number of rotatable bonds is 5. The third-order valence-corrected chi connectivity index (χ3v) is 6.81. The van der Waals surface area contributed by atoms with E-state index in [1.807, 2.05) is 5.38 Å². The fourth-order valence-electron chi connectivity index (χ4n) is 4.30. The first-order valence-corrected chi connectivity index (χ1v) is 11.7. The number of piperazine rings is 1. The van der Waals surface area contributed by atoms with Crippen LogP contribution >= 0.6 is 11.3 Å². The molecule has 0 saturated carbocycles. The van der Waals surface area contributed by atoms with E-state index < -0.39 is 17.6 Å². The minimum absolute atomic E-state index is 0.181. The van der Waals surface area contributed by atoms with Gasteiger partial charge < -0.3 is 19.9 Å². The Morgan fingerprint density at radius 3 is 2.53 bits per heavy atom. The quantitative estimate of drug-likeness (QED) is 0.551. The molecule has 5 heterocycles. The van der Waals surface area contributed by atoms with Crippen molar-refractivity contribution >= 4 is 34.6 Å². The summed E-state index contributed by atoms with van der Waals surface area (Å²) in [5.74, 6) is -1.48. The predicted molar refractivity (Wildman–Crippen MR) is 125 cm³/mol. The highest BCUT2D eigenvalue weighted by molar-refractivity contribution is 7.13. The molecule has 3 aromatic rings. The molecule has 34 heavy (non-hydrogen) atoms. The number of fused-ring (bicyclic) bond motifs is 1. The second kappa shape index (κ2) is 9.18. The van der Waals surface area contributed by atoms with Crippen LogP contribution in [0, 0.1) is 0 Å². The lowest BCUT2D eigenvalue weighted by Gasteiger charge is -2.34. The van der Waals surface area contributed by atoms with Crippen molar-refractivity contribution in [3.05, 3.63) is 53.4 Å². The first kappa shape index (κ1) is 22.0. The summed E-state index contributed by atoms with van der Waals surface area (Å²) in [6.45, 7) is 1.53. The van der Waals surface area contributed by atoms with Crippen LogP contribution in [0.25, 0.3) is 10.7 Å². The monoisotopic (exact) mass is 478 g/mol. The van der Waals surface area contributed by atoms with Crippen molar-refractivity contribution in [1.29, 1.82) is 0 Å². The Morgan fingerprint density at radius 2 is 1.85 bits per heavy atom. The number of hydrogen-bond donors (Lipinski definition) is 1. The Balaban J connectivity index is 1.31. The maximum absolute atomic E-state index is 13.3. The number of nitrogens with one attached hydrogen (secondary N) is 1. The Hall–Kier alpha value is -3.86. The van der Waals surface area contributed by atoms with Gasteiger partial charge in [0.25, 0.3) is 11.8 Å². The van der Waals surface area contributed by atoms with Crippen molar-refractivity contribution in [2.75, 3.05) is 45.2 Å². The summed E-state index contributed by atoms with van der Waals surface area (Å²) < 4.78 is 5.47. The van der Waals surface area contributed by atoms with Crippen LogP contribution in [0.2, 0.25) is 0 Å². The van der Waals surface area contributed by atoms with E-state index in [9.17, 15) is 14.4 Å². The number of ketones is 1. The van der Waals surface area contributed by atoms with Gasteiger partial charge in [-0.3, -0.25) is 19.4 Å². The van der Waals surface area contributed by atoms with Crippen LogP contribution < -0.4 is 10.1 Å². The number of hydrogen-bond acceptors (Lipinski definition) is 9. The number of ether oxygens (including phenoxy) is 1. The van der Waals surface area contributed by atoms with E-state index in [4.69, 9.17) is 4.74 Å². The smallest absolute Gasteiger partial charge is 0.290 e. The number of carbonyl (C=O) groups is 3. The Labute approximate surface area is 199 Å². The highest BCUT2D eigenvalue weighted by Gasteiger charge is 2.40. The van der Waals surface area contributed by atoms with Gasteiger partial charge in [0, 0.05) is 56.1 Å². The molecule has 2 aliphatic heterocycles. The van der Waals surface area contributed by atoms with Gasteiger partial charge in [0.2, 0.25) is 5.78 Å². The van der Waals surface area contributed by atoms with Gasteiger partial charge in [-0.2, -0.15) is 0 Å². The summed E-state index contributed by atoms with van der Waals surface area (Å²) >= 11 is 1.44. The number of nitrogens with zero attached hydrogens (tertiary/aromatic N) is 5. The summed E-state index contributed by atoms with van der Waals surface area (Å²) in [5, 5.41) is 5.81. The van der Waals surface area contributed by atoms with E-state index in [0.717, 1.165) is 5.01 Å². The number of carbonyl (C=O) groups excluding carboxylic acids is 3. The van der Waals surface area contributed by atoms with Crippen LogP contribution in [0.5, 0.6) is 5.75 Å². The summed E-state index contributed by atoms with van der Waals surface area (Å²) in [6.07, 6.45) is 4.83. The molecule has 0 radical (unpaired) electrons. The normalized spacial score (nSPS) is 17.1. The lowest BCUT2D eigenvalue weighted by molar-refractivity contribution is -0.146. The lowest BCUT2D eigenvalue weighted by atomic mass is 9.95. The third kappa shape index (κ3) is 3.87. The van der Waals surface area contributed by atoms with Crippen LogP contribution in [-0.4, -0.2) is 82.2 Å². The Kier molecular flexibility index (Phi) is 5.93. The zero-order valence-electron chi connectivity index (χ0n) is 18.4. The van der Waals surface area contributed by atoms with E-state index in [2.05, 4.69) is 20.3 Å². The largest absolute Gasteiger partial charge is 0.495 e. The van der Waals surface area contributed by atoms with Crippen molar-refractivity contribution in [2.45, 2.75) is 5.92 Å². The molecule has 1 N–H and O–H groups in total. The fraction of sp³-hybridized carbons (Fsp3) is 0.304. The highest BCUT2D eigenvalue weighted by atomic mass is 32.1. The summed E-state index contributed by atoms with van der Waals surface area (Å²) in [5.41, 5.74) is 2.30. The van der Waals surface area contributed by atoms with Crippen molar-refractivity contribution in [1.82, 2.24) is 24.8 Å². The molecule has 174 valence electrons. The zero-order chi connectivity index (χ0) is 23.7. The zero-order valence-corrected chi connectivity index (χ0v) is 19.2. The van der Waals surface area contributed by atoms with Crippen molar-refractivity contribution in [2.24, 2.45) is 0 Å². The molecule has 0 spiro atoms. The summed E-state index contributed by atoms with van der Waals surface area (Å²) in [4.78, 5) is 55.1. The van der Waals surface area contributed by atoms with Crippen LogP contribution in [-0.2, 0) is 9.59 Å². The molecule has 0 aliphatic carbocycles. The van der Waals surface area contributed by atoms with Gasteiger partial charge in [-0.05, 0) is 12.1 Å². The number of thiazole rings is 1. The molecular formula is C23H22N6O4S. The molecule has 1 saturated heterocycles. The molecule has 2 aliphatic rings. The summed E-state index contributed by atoms with van der Waals surface area (Å²) in [7, 11) is 1.51. The molecular weight excluding hydrogens is 456 g/mol. The molecule has 2 amide bonds. The molecule has 3 aromatic heterocycles. The molecule has 10 nitrogen and oxygen atoms in total. The van der Waals surface area contributed by atoms with E-state index in [1.165, 1.54) is 23.3 Å². The number of amides is 2. The number of aromatic nitrogens is 3. The van der Waals surface area contributed by atoms with Crippen molar-refractivity contribution in [3.8, 4) is 16.5 Å². The van der Waals surface area contributed by atoms with Gasteiger partial charge >= 0.3 is 0 Å². The second-order valence-electron chi connectivity index (χ2n) is 7.90. The molecule has 0 aromatic carbocycles. The van der Waals surface area contributed by atoms with Gasteiger partial charge in [0.15, 0.2) is 0 Å². The van der Waals surface area contributed by atoms with Gasteiger partial charge in [0.05, 0.1) is 24.9 Å². The lowest BCUT2D eigenvalue weighted by Crippen LogP contribution is -2.52. The SMILES string of the molecule is COc1cnc(-c2nccs2)c2c1C(C(=O)C(=O)N1CCN(C(=O)c3ccccn3)CC1)CN2. The van der Waals surface area contributed by atoms with E-state index in [1.54, 1.807) is 41.7 Å². The first-order valence-electron chi connectivity index (χ1n) is 10.8. The van der Waals surface area contributed by atoms with Crippen LogP contribution in [0.4, 0.5) is 5.69 Å². The maximum atomic E-state index is 13.3. The van der Waals surface area contributed by atoms with Crippen LogP contribution in [0.3, 0.4) is 0 Å². The van der Waals surface area contributed by atoms with Crippen molar-refractivity contribution in [3.63, 3.8) is 0 Å².